The molecule has 0 unspecified atom stereocenters. The van der Waals surface area contributed by atoms with E-state index in [0.29, 0.717) is 48.0 Å². The quantitative estimate of drug-likeness (QED) is 0.576. The molecule has 0 aliphatic carbocycles. The lowest BCUT2D eigenvalue weighted by Crippen LogP contribution is -2.56. The second-order valence-electron chi connectivity index (χ2n) is 9.36. The number of carbonyl (C=O) groups excluding carboxylic acids is 2. The number of carbonyl (C=O) groups is 2. The molecule has 5 rings (SSSR count). The van der Waals surface area contributed by atoms with Crippen molar-refractivity contribution >= 4 is 34.5 Å². The SMILES string of the molecule is Cc1ccc(NC(=O)Nc2cccc3oc(CN4CCN(C(=O)N5CCN(C)CC5)CC4)nc23)cn1. The highest BCUT2D eigenvalue weighted by Crippen LogP contribution is 2.25. The average Bonchev–Trinajstić information content (AvgIpc) is 3.29. The highest BCUT2D eigenvalue weighted by atomic mass is 16.3. The van der Waals surface area contributed by atoms with Gasteiger partial charge in [-0.05, 0) is 38.2 Å². The number of aryl methyl sites for hydroxylation is 1. The third kappa shape index (κ3) is 5.58. The predicted molar refractivity (Wildman–Crippen MR) is 137 cm³/mol. The Balaban J connectivity index is 1.17. The Hall–Kier alpha value is -3.70. The van der Waals surface area contributed by atoms with Crippen LogP contribution in [0.5, 0.6) is 0 Å². The van der Waals surface area contributed by atoms with Crippen molar-refractivity contribution < 1.29 is 14.0 Å². The molecule has 0 atom stereocenters. The molecule has 4 heterocycles. The highest BCUT2D eigenvalue weighted by Gasteiger charge is 2.27. The lowest BCUT2D eigenvalue weighted by molar-refractivity contribution is 0.0912. The van der Waals surface area contributed by atoms with Crippen LogP contribution in [0.4, 0.5) is 21.0 Å². The molecule has 0 saturated carbocycles. The van der Waals surface area contributed by atoms with Gasteiger partial charge in [0.15, 0.2) is 5.58 Å². The molecule has 1 aromatic carbocycles. The van der Waals surface area contributed by atoms with Crippen molar-refractivity contribution in [3.05, 3.63) is 48.1 Å². The van der Waals surface area contributed by atoms with Gasteiger partial charge < -0.3 is 29.8 Å². The third-order valence-corrected chi connectivity index (χ3v) is 6.66. The van der Waals surface area contributed by atoms with E-state index in [0.717, 1.165) is 45.0 Å². The molecule has 2 N–H and O–H groups in total. The summed E-state index contributed by atoms with van der Waals surface area (Å²) < 4.78 is 5.98. The van der Waals surface area contributed by atoms with Crippen molar-refractivity contribution in [2.75, 3.05) is 70.0 Å². The number of hydrogen-bond donors (Lipinski definition) is 2. The number of nitrogens with zero attached hydrogens (tertiary/aromatic N) is 6. The Bertz CT molecular complexity index is 1210. The van der Waals surface area contributed by atoms with Gasteiger partial charge in [-0.15, -0.1) is 0 Å². The van der Waals surface area contributed by atoms with E-state index < -0.39 is 0 Å². The van der Waals surface area contributed by atoms with Crippen molar-refractivity contribution in [1.82, 2.24) is 29.6 Å². The lowest BCUT2D eigenvalue weighted by Gasteiger charge is -2.39. The Morgan fingerprint density at radius 3 is 2.36 bits per heavy atom. The van der Waals surface area contributed by atoms with Crippen molar-refractivity contribution in [3.63, 3.8) is 0 Å². The number of nitrogens with one attached hydrogen (secondary N) is 2. The van der Waals surface area contributed by atoms with Crippen LogP contribution in [-0.4, -0.2) is 101 Å². The minimum atomic E-state index is -0.376. The van der Waals surface area contributed by atoms with Gasteiger partial charge in [-0.25, -0.2) is 14.6 Å². The molecule has 2 fully saturated rings. The van der Waals surface area contributed by atoms with E-state index in [4.69, 9.17) is 4.42 Å². The van der Waals surface area contributed by atoms with E-state index in [1.807, 2.05) is 34.9 Å². The second kappa shape index (κ2) is 10.5. The number of fused-ring (bicyclic) bond motifs is 1. The van der Waals surface area contributed by atoms with Crippen LogP contribution in [0, 0.1) is 6.92 Å². The van der Waals surface area contributed by atoms with Crippen LogP contribution in [0.3, 0.4) is 0 Å². The first-order valence-electron chi connectivity index (χ1n) is 12.3. The zero-order valence-electron chi connectivity index (χ0n) is 20.7. The van der Waals surface area contributed by atoms with E-state index in [-0.39, 0.29) is 12.1 Å². The van der Waals surface area contributed by atoms with Crippen molar-refractivity contribution in [1.29, 1.82) is 0 Å². The average molecular weight is 493 g/mol. The van der Waals surface area contributed by atoms with Gasteiger partial charge in [0.25, 0.3) is 0 Å². The van der Waals surface area contributed by atoms with Gasteiger partial charge in [-0.2, -0.15) is 0 Å². The zero-order chi connectivity index (χ0) is 25.1. The first-order valence-corrected chi connectivity index (χ1v) is 12.3. The molecule has 36 heavy (non-hydrogen) atoms. The summed E-state index contributed by atoms with van der Waals surface area (Å²) in [5, 5.41) is 5.63. The predicted octanol–water partition coefficient (Wildman–Crippen LogP) is 2.66. The molecule has 0 spiro atoms. The topological polar surface area (TPSA) is 110 Å². The van der Waals surface area contributed by atoms with Crippen LogP contribution in [0.25, 0.3) is 11.1 Å². The maximum Gasteiger partial charge on any atom is 0.323 e. The molecule has 2 aliphatic heterocycles. The summed E-state index contributed by atoms with van der Waals surface area (Å²) >= 11 is 0. The number of aromatic nitrogens is 2. The summed E-state index contributed by atoms with van der Waals surface area (Å²) in [5.41, 5.74) is 3.28. The van der Waals surface area contributed by atoms with Gasteiger partial charge in [-0.1, -0.05) is 6.07 Å². The summed E-state index contributed by atoms with van der Waals surface area (Å²) in [5.74, 6) is 0.584. The van der Waals surface area contributed by atoms with E-state index in [9.17, 15) is 9.59 Å². The Labute approximate surface area is 210 Å². The normalized spacial score (nSPS) is 17.4. The molecule has 2 saturated heterocycles. The number of benzene rings is 1. The number of hydrogen-bond acceptors (Lipinski definition) is 7. The third-order valence-electron chi connectivity index (χ3n) is 6.66. The number of pyridine rings is 1. The number of rotatable bonds is 4. The molecule has 0 bridgehead atoms. The smallest absolute Gasteiger partial charge is 0.323 e. The van der Waals surface area contributed by atoms with Crippen molar-refractivity contribution in [3.8, 4) is 0 Å². The Kier molecular flexibility index (Phi) is 7.01. The largest absolute Gasteiger partial charge is 0.439 e. The second-order valence-corrected chi connectivity index (χ2v) is 9.36. The molecular weight excluding hydrogens is 460 g/mol. The fraction of sp³-hybridized carbons (Fsp3) is 0.440. The van der Waals surface area contributed by atoms with Crippen molar-refractivity contribution in [2.24, 2.45) is 0 Å². The molecular formula is C25H32N8O3. The van der Waals surface area contributed by atoms with Gasteiger partial charge in [0.2, 0.25) is 5.89 Å². The minimum absolute atomic E-state index is 0.139. The van der Waals surface area contributed by atoms with Crippen LogP contribution >= 0.6 is 0 Å². The molecule has 2 aliphatic rings. The minimum Gasteiger partial charge on any atom is -0.439 e. The summed E-state index contributed by atoms with van der Waals surface area (Å²) in [6.07, 6.45) is 1.61. The number of anilines is 2. The fourth-order valence-corrected chi connectivity index (χ4v) is 4.48. The van der Waals surface area contributed by atoms with Gasteiger partial charge in [-0.3, -0.25) is 9.88 Å². The summed E-state index contributed by atoms with van der Waals surface area (Å²) in [6.45, 7) is 8.75. The maximum atomic E-state index is 12.8. The molecule has 4 amide bonds. The standard InChI is InChI=1S/C25H32N8O3/c1-18-6-7-19(16-26-18)27-24(34)28-20-4-3-5-21-23(20)29-22(36-21)17-31-10-14-33(15-11-31)25(35)32-12-8-30(2)9-13-32/h3-7,16H,8-15,17H2,1-2H3,(H2,27,28,34). The van der Waals surface area contributed by atoms with E-state index >= 15 is 0 Å². The number of oxazole rings is 1. The first kappa shape index (κ1) is 24.0. The van der Waals surface area contributed by atoms with E-state index in [2.05, 4.69) is 37.4 Å². The van der Waals surface area contributed by atoms with E-state index in [1.165, 1.54) is 0 Å². The van der Waals surface area contributed by atoms with Crippen LogP contribution in [0.2, 0.25) is 0 Å². The maximum absolute atomic E-state index is 12.8. The number of para-hydroxylation sites is 1. The number of urea groups is 2. The molecule has 3 aromatic rings. The Morgan fingerprint density at radius 1 is 0.944 bits per heavy atom. The van der Waals surface area contributed by atoms with Gasteiger partial charge in [0.1, 0.15) is 5.52 Å². The molecule has 11 heteroatoms. The van der Waals surface area contributed by atoms with Crippen LogP contribution < -0.4 is 10.6 Å². The molecule has 190 valence electrons. The van der Waals surface area contributed by atoms with Gasteiger partial charge in [0.05, 0.1) is 24.1 Å². The number of likely N-dealkylation sites (N-methyl/N-ethyl adjacent to an activating group) is 1. The monoisotopic (exact) mass is 492 g/mol. The van der Waals surface area contributed by atoms with Gasteiger partial charge in [0, 0.05) is 58.1 Å². The molecule has 0 radical (unpaired) electrons. The fourth-order valence-electron chi connectivity index (χ4n) is 4.48. The molecule has 2 aromatic heterocycles. The van der Waals surface area contributed by atoms with Crippen LogP contribution in [0.15, 0.2) is 40.9 Å². The first-order chi connectivity index (χ1) is 17.4. The summed E-state index contributed by atoms with van der Waals surface area (Å²) in [6, 6.07) is 8.86. The van der Waals surface area contributed by atoms with Crippen LogP contribution in [-0.2, 0) is 6.54 Å². The lowest BCUT2D eigenvalue weighted by atomic mass is 10.3. The number of amides is 4. The number of piperazine rings is 2. The van der Waals surface area contributed by atoms with Gasteiger partial charge >= 0.3 is 12.1 Å². The summed E-state index contributed by atoms with van der Waals surface area (Å²) in [4.78, 5) is 42.6. The molecule has 11 nitrogen and oxygen atoms in total. The van der Waals surface area contributed by atoms with Crippen molar-refractivity contribution in [2.45, 2.75) is 13.5 Å². The Morgan fingerprint density at radius 2 is 1.67 bits per heavy atom. The van der Waals surface area contributed by atoms with Crippen LogP contribution in [0.1, 0.15) is 11.6 Å². The highest BCUT2D eigenvalue weighted by molar-refractivity contribution is 6.04. The summed E-state index contributed by atoms with van der Waals surface area (Å²) in [7, 11) is 2.09. The van der Waals surface area contributed by atoms with E-state index in [1.54, 1.807) is 18.3 Å². The zero-order valence-corrected chi connectivity index (χ0v) is 20.7.